The van der Waals surface area contributed by atoms with Crippen molar-refractivity contribution in [2.75, 3.05) is 0 Å². The Labute approximate surface area is 230 Å². The lowest BCUT2D eigenvalue weighted by atomic mass is 9.95. The van der Waals surface area contributed by atoms with Gasteiger partial charge >= 0.3 is 5.96 Å². The van der Waals surface area contributed by atoms with E-state index in [4.69, 9.17) is 4.42 Å². The van der Waals surface area contributed by atoms with Crippen molar-refractivity contribution >= 4 is 39.6 Å². The zero-order chi connectivity index (χ0) is 27.8. The van der Waals surface area contributed by atoms with Crippen molar-refractivity contribution in [1.29, 1.82) is 0 Å². The summed E-state index contributed by atoms with van der Waals surface area (Å²) in [7, 11) is 0. The average molecular weight is 532 g/mol. The Hall–Kier alpha value is -3.48. The van der Waals surface area contributed by atoms with Crippen LogP contribution < -0.4 is 20.8 Å². The second kappa shape index (κ2) is 13.5. The van der Waals surface area contributed by atoms with Gasteiger partial charge in [0.05, 0.1) is 28.6 Å². The van der Waals surface area contributed by atoms with E-state index in [1.54, 1.807) is 42.5 Å². The minimum atomic E-state index is -1.17. The van der Waals surface area contributed by atoms with Gasteiger partial charge in [-0.15, -0.1) is 0 Å². The van der Waals surface area contributed by atoms with Crippen LogP contribution in [0, 0.1) is 0 Å². The third-order valence-electron chi connectivity index (χ3n) is 7.68. The molecule has 0 aliphatic heterocycles. The van der Waals surface area contributed by atoms with E-state index in [9.17, 15) is 14.7 Å². The van der Waals surface area contributed by atoms with Crippen LogP contribution in [0.5, 0.6) is 0 Å². The minimum Gasteiger partial charge on any atom is -0.550 e. The van der Waals surface area contributed by atoms with E-state index in [1.165, 1.54) is 71.1 Å². The molecule has 1 heterocycles. The van der Waals surface area contributed by atoms with Gasteiger partial charge in [-0.2, -0.15) is 0 Å². The van der Waals surface area contributed by atoms with Crippen LogP contribution in [0.2, 0.25) is 0 Å². The van der Waals surface area contributed by atoms with Crippen LogP contribution in [0.25, 0.3) is 21.9 Å². The Kier molecular flexibility index (Phi) is 9.90. The maximum absolute atomic E-state index is 12.4. The topological polar surface area (TPSA) is 109 Å². The molecule has 3 aromatic rings. The number of hydrogen-bond acceptors (Lipinski definition) is 4. The average Bonchev–Trinajstić information content (AvgIpc) is 2.94. The van der Waals surface area contributed by atoms with Crippen LogP contribution in [-0.2, 0) is 4.79 Å². The summed E-state index contributed by atoms with van der Waals surface area (Å²) in [5.74, 6) is -0.918. The van der Waals surface area contributed by atoms with Crippen molar-refractivity contribution in [2.24, 2.45) is 4.99 Å². The summed E-state index contributed by atoms with van der Waals surface area (Å²) in [5.41, 5.74) is 2.46. The van der Waals surface area contributed by atoms with Gasteiger partial charge in [-0.05, 0) is 69.4 Å². The number of guanidine groups is 1. The van der Waals surface area contributed by atoms with Crippen molar-refractivity contribution in [2.45, 2.75) is 103 Å². The molecule has 208 valence electrons. The van der Waals surface area contributed by atoms with Crippen LogP contribution in [-0.4, -0.2) is 29.7 Å². The summed E-state index contributed by atoms with van der Waals surface area (Å²) in [6.45, 7) is 5.68. The predicted octanol–water partition coefficient (Wildman–Crippen LogP) is 3.96. The smallest absolute Gasteiger partial charge is 0.384 e. The maximum Gasteiger partial charge on any atom is 0.384 e. The number of hydrogen-bond donors (Lipinski definition) is 2. The van der Waals surface area contributed by atoms with E-state index in [-0.39, 0.29) is 5.43 Å². The molecule has 0 saturated heterocycles. The fraction of sp³-hybridized carbons (Fsp3) is 0.500. The molecule has 39 heavy (non-hydrogen) atoms. The third-order valence-corrected chi connectivity index (χ3v) is 7.68. The van der Waals surface area contributed by atoms with E-state index in [2.05, 4.69) is 29.1 Å². The quantitative estimate of drug-likeness (QED) is 0.301. The Morgan fingerprint density at radius 3 is 2.26 bits per heavy atom. The van der Waals surface area contributed by atoms with Crippen LogP contribution in [0.4, 0.5) is 0 Å². The lowest BCUT2D eigenvalue weighted by Gasteiger charge is -2.21. The number of carbonyl (C=O) groups excluding carboxylic acids is 1. The molecule has 2 aliphatic rings. The van der Waals surface area contributed by atoms with Crippen LogP contribution in [0.3, 0.4) is 0 Å². The molecule has 7 heteroatoms. The van der Waals surface area contributed by atoms with Crippen LogP contribution in [0.15, 0.2) is 56.7 Å². The number of fused-ring (bicyclic) bond motifs is 2. The molecular formula is C32H41N3O4. The summed E-state index contributed by atoms with van der Waals surface area (Å²) < 4.78 is 5.66. The summed E-state index contributed by atoms with van der Waals surface area (Å²) in [5, 5.41) is 15.4. The number of nitrogens with zero attached hydrogens (tertiary/aromatic N) is 1. The number of carboxylic acids is 1. The molecule has 2 aromatic carbocycles. The molecule has 2 aliphatic carbocycles. The summed E-state index contributed by atoms with van der Waals surface area (Å²) in [6.07, 6.45) is 13.5. The zero-order valence-electron chi connectivity index (χ0n) is 23.4. The SMILES string of the molecule is CC(C(=O)[O-])c1ccc2oc3ccccc3c(=O)c2c1.CC(C)=NC(NC1CCCCC1)=[NH+]C1CCCCC1. The Balaban J connectivity index is 0.000000181. The maximum atomic E-state index is 12.4. The summed E-state index contributed by atoms with van der Waals surface area (Å²) >= 11 is 0. The largest absolute Gasteiger partial charge is 0.550 e. The first-order valence-electron chi connectivity index (χ1n) is 14.4. The zero-order valence-corrected chi connectivity index (χ0v) is 23.4. The number of nitrogens with one attached hydrogen (secondary N) is 2. The van der Waals surface area contributed by atoms with Crippen molar-refractivity contribution in [3.05, 3.63) is 58.3 Å². The van der Waals surface area contributed by atoms with Crippen molar-refractivity contribution in [3.8, 4) is 0 Å². The second-order valence-electron chi connectivity index (χ2n) is 11.1. The van der Waals surface area contributed by atoms with Gasteiger partial charge in [-0.25, -0.2) is 0 Å². The first-order chi connectivity index (χ1) is 18.8. The van der Waals surface area contributed by atoms with E-state index < -0.39 is 11.9 Å². The fourth-order valence-corrected chi connectivity index (χ4v) is 5.44. The van der Waals surface area contributed by atoms with Crippen LogP contribution in [0.1, 0.15) is 96.5 Å². The highest BCUT2D eigenvalue weighted by molar-refractivity contribution is 5.92. The highest BCUT2D eigenvalue weighted by Crippen LogP contribution is 2.23. The van der Waals surface area contributed by atoms with Gasteiger partial charge in [0, 0.05) is 11.9 Å². The monoisotopic (exact) mass is 531 g/mol. The van der Waals surface area contributed by atoms with Gasteiger partial charge in [0.15, 0.2) is 0 Å². The highest BCUT2D eigenvalue weighted by Gasteiger charge is 2.21. The number of benzene rings is 2. The van der Waals surface area contributed by atoms with Crippen molar-refractivity contribution < 1.29 is 19.3 Å². The van der Waals surface area contributed by atoms with Gasteiger partial charge in [-0.1, -0.05) is 68.6 Å². The molecule has 2 N–H and O–H groups in total. The lowest BCUT2D eigenvalue weighted by Crippen LogP contribution is -2.82. The van der Waals surface area contributed by atoms with E-state index >= 15 is 0 Å². The molecule has 2 fully saturated rings. The van der Waals surface area contributed by atoms with Crippen LogP contribution >= 0.6 is 0 Å². The van der Waals surface area contributed by atoms with E-state index in [0.717, 1.165) is 11.7 Å². The first-order valence-corrected chi connectivity index (χ1v) is 14.4. The molecule has 7 nitrogen and oxygen atoms in total. The molecular weight excluding hydrogens is 490 g/mol. The molecule has 0 spiro atoms. The number of rotatable bonds is 4. The van der Waals surface area contributed by atoms with Gasteiger partial charge in [0.2, 0.25) is 5.43 Å². The third kappa shape index (κ3) is 7.78. The molecule has 0 radical (unpaired) electrons. The van der Waals surface area contributed by atoms with Gasteiger partial charge in [0.25, 0.3) is 0 Å². The predicted molar refractivity (Wildman–Crippen MR) is 155 cm³/mol. The Morgan fingerprint density at radius 2 is 1.59 bits per heavy atom. The number of aliphatic carboxylic acids is 1. The lowest BCUT2D eigenvalue weighted by molar-refractivity contribution is -0.510. The minimum absolute atomic E-state index is 0.158. The molecule has 5 rings (SSSR count). The summed E-state index contributed by atoms with van der Waals surface area (Å²) in [4.78, 5) is 31.7. The first kappa shape index (κ1) is 28.5. The van der Waals surface area contributed by atoms with E-state index in [0.29, 0.717) is 39.6 Å². The highest BCUT2D eigenvalue weighted by atomic mass is 16.4. The fourth-order valence-electron chi connectivity index (χ4n) is 5.44. The Bertz CT molecular complexity index is 1390. The van der Waals surface area contributed by atoms with Gasteiger partial charge in [-0.3, -0.25) is 15.1 Å². The number of para-hydroxylation sites is 1. The second-order valence-corrected chi connectivity index (χ2v) is 11.1. The summed E-state index contributed by atoms with van der Waals surface area (Å²) in [6, 6.07) is 13.1. The number of carbonyl (C=O) groups is 1. The molecule has 0 bridgehead atoms. The molecule has 2 saturated carbocycles. The number of aliphatic imine (C=N–C) groups is 1. The molecule has 1 atom stereocenters. The number of carboxylic acid groups (broad SMARTS) is 1. The molecule has 1 unspecified atom stereocenters. The van der Waals surface area contributed by atoms with E-state index in [1.807, 2.05) is 0 Å². The van der Waals surface area contributed by atoms with Crippen molar-refractivity contribution in [3.63, 3.8) is 0 Å². The van der Waals surface area contributed by atoms with Crippen molar-refractivity contribution in [1.82, 2.24) is 5.32 Å². The van der Waals surface area contributed by atoms with Gasteiger partial charge in [0.1, 0.15) is 11.2 Å². The standard InChI is InChI=1S/C16H29N3.C16H12O4/c1-13(2)17-16(18-14-9-5-3-6-10-14)19-15-11-7-4-8-12-15;1-9(16(18)19)10-6-7-14-12(8-10)15(17)11-4-2-3-5-13(11)20-14/h14-15H,3-12H2,1-2H3,(H,18,19);2-9H,1H3,(H,18,19). The van der Waals surface area contributed by atoms with Gasteiger partial charge < -0.3 is 14.3 Å². The molecule has 1 aromatic heterocycles. The Morgan fingerprint density at radius 1 is 0.949 bits per heavy atom. The normalized spacial score (nSPS) is 17.8. The molecule has 0 amide bonds.